The number of nitrogens with zero attached hydrogens (tertiary/aromatic N) is 2. The summed E-state index contributed by atoms with van der Waals surface area (Å²) in [5.74, 6) is 0. The van der Waals surface area contributed by atoms with Gasteiger partial charge < -0.3 is 0 Å². The van der Waals surface area contributed by atoms with Crippen LogP contribution in [0, 0.1) is 0 Å². The summed E-state index contributed by atoms with van der Waals surface area (Å²) in [5, 5.41) is 0. The highest BCUT2D eigenvalue weighted by Gasteiger charge is 2.34. The Bertz CT molecular complexity index is 750. The monoisotopic (exact) mass is 494 g/mol. The molecule has 0 atom stereocenters. The molecule has 4 heteroatoms. The minimum absolute atomic E-state index is 0.0212. The first-order valence-electron chi connectivity index (χ1n) is 13.8. The molecule has 2 aliphatic carbocycles. The Labute approximate surface area is 211 Å². The summed E-state index contributed by atoms with van der Waals surface area (Å²) in [5.41, 5.74) is 5.00. The van der Waals surface area contributed by atoms with Gasteiger partial charge in [-0.2, -0.15) is 0 Å². The van der Waals surface area contributed by atoms with Crippen molar-refractivity contribution >= 4 is 15.8 Å². The van der Waals surface area contributed by atoms with Gasteiger partial charge in [0.1, 0.15) is 0 Å². The average Bonchev–Trinajstić information content (AvgIpc) is 2.89. The molecule has 0 spiro atoms. The number of rotatable bonds is 6. The van der Waals surface area contributed by atoms with Gasteiger partial charge in [-0.25, -0.2) is 0 Å². The third-order valence-corrected chi connectivity index (χ3v) is 14.4. The van der Waals surface area contributed by atoms with Crippen LogP contribution < -0.4 is 0 Å². The molecule has 3 fully saturated rings. The predicted octanol–water partition coefficient (Wildman–Crippen LogP) is 8.46. The first-order chi connectivity index (χ1) is 16.8. The molecular weight excluding hydrogens is 450 g/mol. The fraction of sp³-hybridized carbons (Fsp3) is 0.600. The summed E-state index contributed by atoms with van der Waals surface area (Å²) < 4.78 is 0. The van der Waals surface area contributed by atoms with Crippen LogP contribution in [0.1, 0.15) is 75.3 Å². The highest BCUT2D eigenvalue weighted by molar-refractivity contribution is 7.60. The molecule has 1 saturated heterocycles. The molecule has 34 heavy (non-hydrogen) atoms. The van der Waals surface area contributed by atoms with Crippen molar-refractivity contribution in [2.45, 2.75) is 88.6 Å². The molecule has 5 rings (SSSR count). The zero-order chi connectivity index (χ0) is 23.0. The summed E-state index contributed by atoms with van der Waals surface area (Å²) in [7, 11) is 0.0423. The standard InChI is InChI=1S/C30H44N2P2/c1-5-13-27(14-6-1)21-31-23-33(29-17-9-3-10-18-29)25-32(22-28-15-7-2-8-16-28)26-34(24-31)30-19-11-4-12-20-30/h1-2,5-8,13-16,29-30H,3-4,9-12,17-26H2. The lowest BCUT2D eigenvalue weighted by Gasteiger charge is -2.45. The average molecular weight is 495 g/mol. The maximum atomic E-state index is 2.94. The van der Waals surface area contributed by atoms with Crippen LogP contribution in [0.15, 0.2) is 60.7 Å². The van der Waals surface area contributed by atoms with Crippen LogP contribution >= 0.6 is 15.8 Å². The second-order valence-corrected chi connectivity index (χ2v) is 15.9. The van der Waals surface area contributed by atoms with Crippen LogP contribution in [0.2, 0.25) is 0 Å². The van der Waals surface area contributed by atoms with Crippen molar-refractivity contribution < 1.29 is 0 Å². The molecule has 0 radical (unpaired) electrons. The summed E-state index contributed by atoms with van der Waals surface area (Å²) in [6.45, 7) is 2.33. The van der Waals surface area contributed by atoms with Crippen LogP contribution in [0.5, 0.6) is 0 Å². The van der Waals surface area contributed by atoms with Gasteiger partial charge in [0, 0.05) is 38.2 Å². The molecule has 2 saturated carbocycles. The minimum atomic E-state index is 0.0212. The van der Waals surface area contributed by atoms with Crippen molar-refractivity contribution in [1.29, 1.82) is 0 Å². The maximum Gasteiger partial charge on any atom is 0.0241 e. The Morgan fingerprint density at radius 3 is 1.21 bits per heavy atom. The van der Waals surface area contributed by atoms with E-state index in [0.717, 1.165) is 24.4 Å². The Kier molecular flexibility index (Phi) is 9.49. The van der Waals surface area contributed by atoms with Crippen molar-refractivity contribution in [3.05, 3.63) is 71.8 Å². The van der Waals surface area contributed by atoms with Crippen molar-refractivity contribution in [2.24, 2.45) is 0 Å². The van der Waals surface area contributed by atoms with Gasteiger partial charge in [-0.1, -0.05) is 115 Å². The van der Waals surface area contributed by atoms with Crippen molar-refractivity contribution in [2.75, 3.05) is 25.1 Å². The summed E-state index contributed by atoms with van der Waals surface area (Å²) in [6.07, 6.45) is 20.2. The lowest BCUT2D eigenvalue weighted by Crippen LogP contribution is -2.38. The van der Waals surface area contributed by atoms with E-state index in [4.69, 9.17) is 0 Å². The lowest BCUT2D eigenvalue weighted by atomic mass is 10.0. The molecule has 184 valence electrons. The van der Waals surface area contributed by atoms with E-state index in [1.807, 2.05) is 0 Å². The number of hydrogen-bond donors (Lipinski definition) is 0. The fourth-order valence-electron chi connectivity index (χ4n) is 6.44. The van der Waals surface area contributed by atoms with Crippen LogP contribution in [0.25, 0.3) is 0 Å². The van der Waals surface area contributed by atoms with Crippen LogP contribution in [0.4, 0.5) is 0 Å². The second kappa shape index (κ2) is 13.0. The van der Waals surface area contributed by atoms with E-state index in [1.165, 1.54) is 100 Å². The van der Waals surface area contributed by atoms with Crippen LogP contribution in [-0.2, 0) is 13.1 Å². The van der Waals surface area contributed by atoms with Gasteiger partial charge >= 0.3 is 0 Å². The molecule has 0 amide bonds. The van der Waals surface area contributed by atoms with E-state index < -0.39 is 0 Å². The molecule has 0 N–H and O–H groups in total. The highest BCUT2D eigenvalue weighted by atomic mass is 31.1. The first kappa shape index (κ1) is 24.9. The predicted molar refractivity (Wildman–Crippen MR) is 151 cm³/mol. The quantitative estimate of drug-likeness (QED) is 0.372. The van der Waals surface area contributed by atoms with Crippen molar-refractivity contribution in [1.82, 2.24) is 9.80 Å². The zero-order valence-corrected chi connectivity index (χ0v) is 22.8. The number of hydrogen-bond acceptors (Lipinski definition) is 2. The lowest BCUT2D eigenvalue weighted by molar-refractivity contribution is 0.320. The van der Waals surface area contributed by atoms with E-state index in [2.05, 4.69) is 70.5 Å². The van der Waals surface area contributed by atoms with Crippen molar-refractivity contribution in [3.63, 3.8) is 0 Å². The maximum absolute atomic E-state index is 2.94. The molecule has 2 aromatic rings. The number of benzene rings is 2. The minimum Gasteiger partial charge on any atom is -0.291 e. The largest absolute Gasteiger partial charge is 0.291 e. The molecule has 0 aromatic heterocycles. The molecule has 0 bridgehead atoms. The molecule has 1 heterocycles. The van der Waals surface area contributed by atoms with E-state index in [9.17, 15) is 0 Å². The second-order valence-electron chi connectivity index (χ2n) is 11.0. The molecule has 2 nitrogen and oxygen atoms in total. The van der Waals surface area contributed by atoms with Gasteiger partial charge in [0.05, 0.1) is 0 Å². The third-order valence-electron chi connectivity index (χ3n) is 8.21. The Balaban J connectivity index is 1.38. The molecule has 2 aromatic carbocycles. The fourth-order valence-corrected chi connectivity index (χ4v) is 12.9. The summed E-state index contributed by atoms with van der Waals surface area (Å²) in [4.78, 5) is 5.88. The van der Waals surface area contributed by atoms with E-state index >= 15 is 0 Å². The Hall–Kier alpha value is -0.780. The van der Waals surface area contributed by atoms with Gasteiger partial charge in [-0.05, 0) is 48.1 Å². The Morgan fingerprint density at radius 1 is 0.500 bits per heavy atom. The Morgan fingerprint density at radius 2 is 0.853 bits per heavy atom. The van der Waals surface area contributed by atoms with Gasteiger partial charge in [0.2, 0.25) is 0 Å². The van der Waals surface area contributed by atoms with E-state index in [-0.39, 0.29) is 15.8 Å². The molecular formula is C30H44N2P2. The first-order valence-corrected chi connectivity index (χ1v) is 17.4. The van der Waals surface area contributed by atoms with Gasteiger partial charge in [-0.3, -0.25) is 9.80 Å². The van der Waals surface area contributed by atoms with E-state index in [1.54, 1.807) is 0 Å². The highest BCUT2D eigenvalue weighted by Crippen LogP contribution is 2.56. The van der Waals surface area contributed by atoms with Gasteiger partial charge in [0.25, 0.3) is 0 Å². The third kappa shape index (κ3) is 7.13. The zero-order valence-electron chi connectivity index (χ0n) is 21.0. The topological polar surface area (TPSA) is 6.48 Å². The SMILES string of the molecule is c1ccc(CN2CP(C3CCCCC3)CN(Cc3ccccc3)CP(C3CCCCC3)C2)cc1. The van der Waals surface area contributed by atoms with Crippen molar-refractivity contribution in [3.8, 4) is 0 Å². The van der Waals surface area contributed by atoms with Crippen LogP contribution in [-0.4, -0.2) is 46.3 Å². The van der Waals surface area contributed by atoms with Gasteiger partial charge in [0.15, 0.2) is 0 Å². The van der Waals surface area contributed by atoms with Crippen LogP contribution in [0.3, 0.4) is 0 Å². The molecule has 0 unspecified atom stereocenters. The summed E-state index contributed by atoms with van der Waals surface area (Å²) in [6, 6.07) is 22.7. The van der Waals surface area contributed by atoms with E-state index in [0.29, 0.717) is 0 Å². The molecule has 3 aliphatic rings. The normalized spacial score (nSPS) is 26.7. The molecule has 1 aliphatic heterocycles. The van der Waals surface area contributed by atoms with Gasteiger partial charge in [-0.15, -0.1) is 0 Å². The smallest absolute Gasteiger partial charge is 0.0241 e. The summed E-state index contributed by atoms with van der Waals surface area (Å²) >= 11 is 0.